The number of nitrogens with zero attached hydrogens (tertiary/aromatic N) is 1. The topological polar surface area (TPSA) is 24.9 Å². The van der Waals surface area contributed by atoms with Gasteiger partial charge in [-0.05, 0) is 49.2 Å². The van der Waals surface area contributed by atoms with Gasteiger partial charge < -0.3 is 5.32 Å². The summed E-state index contributed by atoms with van der Waals surface area (Å²) in [6.07, 6.45) is 3.83. The molecule has 0 amide bonds. The van der Waals surface area contributed by atoms with E-state index in [0.29, 0.717) is 10.6 Å². The van der Waals surface area contributed by atoms with Gasteiger partial charge in [0.2, 0.25) is 0 Å². The van der Waals surface area contributed by atoms with E-state index in [1.54, 1.807) is 12.3 Å². The van der Waals surface area contributed by atoms with E-state index in [4.69, 9.17) is 11.6 Å². The minimum absolute atomic E-state index is 0.211. The molecule has 1 unspecified atom stereocenters. The van der Waals surface area contributed by atoms with Crippen molar-refractivity contribution >= 4 is 11.6 Å². The van der Waals surface area contributed by atoms with Crippen LogP contribution in [0, 0.1) is 12.7 Å². The highest BCUT2D eigenvalue weighted by atomic mass is 35.5. The van der Waals surface area contributed by atoms with Crippen LogP contribution >= 0.6 is 11.6 Å². The van der Waals surface area contributed by atoms with E-state index < -0.39 is 0 Å². The molecule has 0 aliphatic heterocycles. The molecule has 106 valence electrons. The molecule has 0 aliphatic carbocycles. The minimum Gasteiger partial charge on any atom is -0.306 e. The van der Waals surface area contributed by atoms with Crippen molar-refractivity contribution in [2.45, 2.75) is 26.3 Å². The van der Waals surface area contributed by atoms with Crippen LogP contribution in [-0.4, -0.2) is 11.5 Å². The van der Waals surface area contributed by atoms with Crippen molar-refractivity contribution in [1.29, 1.82) is 0 Å². The highest BCUT2D eigenvalue weighted by Crippen LogP contribution is 2.28. The molecule has 0 aliphatic rings. The van der Waals surface area contributed by atoms with E-state index >= 15 is 0 Å². The fourth-order valence-electron chi connectivity index (χ4n) is 2.22. The third-order valence-electron chi connectivity index (χ3n) is 3.27. The summed E-state index contributed by atoms with van der Waals surface area (Å²) in [5, 5.41) is 4.04. The minimum atomic E-state index is -0.305. The lowest BCUT2D eigenvalue weighted by Crippen LogP contribution is -2.25. The molecule has 1 aromatic heterocycles. The van der Waals surface area contributed by atoms with Crippen LogP contribution in [0.15, 0.2) is 36.7 Å². The van der Waals surface area contributed by atoms with E-state index in [1.165, 1.54) is 6.20 Å². The van der Waals surface area contributed by atoms with Crippen LogP contribution in [0.5, 0.6) is 0 Å². The Morgan fingerprint density at radius 1 is 1.30 bits per heavy atom. The lowest BCUT2D eigenvalue weighted by atomic mass is 9.95. The molecule has 1 heterocycles. The van der Waals surface area contributed by atoms with Crippen molar-refractivity contribution in [3.63, 3.8) is 0 Å². The lowest BCUT2D eigenvalue weighted by molar-refractivity contribution is 0.542. The summed E-state index contributed by atoms with van der Waals surface area (Å²) >= 11 is 6.09. The Balaban J connectivity index is 2.47. The van der Waals surface area contributed by atoms with Gasteiger partial charge in [-0.2, -0.15) is 0 Å². The average molecular weight is 293 g/mol. The van der Waals surface area contributed by atoms with Gasteiger partial charge in [0.15, 0.2) is 0 Å². The first-order chi connectivity index (χ1) is 9.63. The van der Waals surface area contributed by atoms with Gasteiger partial charge in [-0.1, -0.05) is 24.6 Å². The van der Waals surface area contributed by atoms with E-state index in [2.05, 4.69) is 17.2 Å². The number of aromatic nitrogens is 1. The Morgan fingerprint density at radius 3 is 2.80 bits per heavy atom. The second-order valence-corrected chi connectivity index (χ2v) is 5.22. The van der Waals surface area contributed by atoms with Gasteiger partial charge in [0.25, 0.3) is 0 Å². The maximum Gasteiger partial charge on any atom is 0.146 e. The van der Waals surface area contributed by atoms with Crippen LogP contribution in [-0.2, 0) is 0 Å². The fourth-order valence-corrected chi connectivity index (χ4v) is 2.40. The zero-order valence-electron chi connectivity index (χ0n) is 11.7. The van der Waals surface area contributed by atoms with Crippen LogP contribution in [0.2, 0.25) is 5.02 Å². The largest absolute Gasteiger partial charge is 0.306 e. The molecule has 0 bridgehead atoms. The van der Waals surface area contributed by atoms with Gasteiger partial charge in [-0.3, -0.25) is 4.98 Å². The lowest BCUT2D eigenvalue weighted by Gasteiger charge is -2.22. The Labute approximate surface area is 124 Å². The molecule has 2 nitrogen and oxygen atoms in total. The zero-order chi connectivity index (χ0) is 14.5. The molecule has 1 aromatic carbocycles. The van der Waals surface area contributed by atoms with E-state index in [0.717, 1.165) is 24.1 Å². The van der Waals surface area contributed by atoms with Gasteiger partial charge in [0, 0.05) is 16.8 Å². The second kappa shape index (κ2) is 6.82. The molecule has 0 spiro atoms. The molecule has 1 N–H and O–H groups in total. The highest BCUT2D eigenvalue weighted by molar-refractivity contribution is 6.30. The van der Waals surface area contributed by atoms with Crippen LogP contribution in [0.25, 0.3) is 0 Å². The fraction of sp³-hybridized carbons (Fsp3) is 0.312. The van der Waals surface area contributed by atoms with Crippen molar-refractivity contribution in [2.75, 3.05) is 6.54 Å². The predicted molar refractivity (Wildman–Crippen MR) is 80.5 cm³/mol. The number of aryl methyl sites for hydroxylation is 1. The van der Waals surface area contributed by atoms with Gasteiger partial charge >= 0.3 is 0 Å². The smallest absolute Gasteiger partial charge is 0.146 e. The zero-order valence-corrected chi connectivity index (χ0v) is 12.4. The Morgan fingerprint density at radius 2 is 2.10 bits per heavy atom. The molecule has 2 aromatic rings. The summed E-state index contributed by atoms with van der Waals surface area (Å²) < 4.78 is 14.0. The molecule has 0 radical (unpaired) electrons. The standard InChI is InChI=1S/C16H18ClFN2/c1-3-7-20-16(13-6-8-19-10-15(13)18)14-9-12(17)5-4-11(14)2/h4-6,8-10,16,20H,3,7H2,1-2H3. The number of hydrogen-bond acceptors (Lipinski definition) is 2. The van der Waals surface area contributed by atoms with Crippen LogP contribution < -0.4 is 5.32 Å². The van der Waals surface area contributed by atoms with Crippen molar-refractivity contribution in [1.82, 2.24) is 10.3 Å². The molecule has 0 saturated carbocycles. The second-order valence-electron chi connectivity index (χ2n) is 4.79. The summed E-state index contributed by atoms with van der Waals surface area (Å²) in [6, 6.07) is 7.20. The first kappa shape index (κ1) is 14.9. The van der Waals surface area contributed by atoms with Crippen molar-refractivity contribution in [2.24, 2.45) is 0 Å². The van der Waals surface area contributed by atoms with Crippen molar-refractivity contribution in [3.8, 4) is 0 Å². The summed E-state index contributed by atoms with van der Waals surface area (Å²) in [6.45, 7) is 4.89. The Bertz CT molecular complexity index is 586. The first-order valence-corrected chi connectivity index (χ1v) is 7.10. The summed E-state index contributed by atoms with van der Waals surface area (Å²) in [5.74, 6) is -0.305. The highest BCUT2D eigenvalue weighted by Gasteiger charge is 2.19. The van der Waals surface area contributed by atoms with Crippen LogP contribution in [0.4, 0.5) is 4.39 Å². The van der Waals surface area contributed by atoms with Gasteiger partial charge in [-0.15, -0.1) is 0 Å². The van der Waals surface area contributed by atoms with Gasteiger partial charge in [-0.25, -0.2) is 4.39 Å². The normalized spacial score (nSPS) is 12.4. The summed E-state index contributed by atoms with van der Waals surface area (Å²) in [5.41, 5.74) is 2.68. The third-order valence-corrected chi connectivity index (χ3v) is 3.50. The molecular formula is C16H18ClFN2. The third kappa shape index (κ3) is 3.35. The number of nitrogens with one attached hydrogen (secondary N) is 1. The van der Waals surface area contributed by atoms with E-state index in [-0.39, 0.29) is 11.9 Å². The number of rotatable bonds is 5. The maximum atomic E-state index is 14.0. The predicted octanol–water partition coefficient (Wildman–Crippen LogP) is 4.27. The molecular weight excluding hydrogens is 275 g/mol. The average Bonchev–Trinajstić information content (AvgIpc) is 2.44. The number of benzene rings is 1. The number of halogens is 2. The van der Waals surface area contributed by atoms with Gasteiger partial charge in [0.05, 0.1) is 12.2 Å². The molecule has 0 fully saturated rings. The van der Waals surface area contributed by atoms with Crippen molar-refractivity contribution < 1.29 is 4.39 Å². The molecule has 2 rings (SSSR count). The quantitative estimate of drug-likeness (QED) is 0.890. The van der Waals surface area contributed by atoms with Gasteiger partial charge in [0.1, 0.15) is 5.82 Å². The first-order valence-electron chi connectivity index (χ1n) is 6.72. The maximum absolute atomic E-state index is 14.0. The summed E-state index contributed by atoms with van der Waals surface area (Å²) in [7, 11) is 0. The Kier molecular flexibility index (Phi) is 5.10. The van der Waals surface area contributed by atoms with Crippen LogP contribution in [0.3, 0.4) is 0 Å². The van der Waals surface area contributed by atoms with Crippen molar-refractivity contribution in [3.05, 3.63) is 64.2 Å². The summed E-state index contributed by atoms with van der Waals surface area (Å²) in [4.78, 5) is 3.81. The molecule has 1 atom stereocenters. The molecule has 20 heavy (non-hydrogen) atoms. The molecule has 4 heteroatoms. The Hall–Kier alpha value is -1.45. The van der Waals surface area contributed by atoms with Crippen LogP contribution in [0.1, 0.15) is 36.1 Å². The number of hydrogen-bond donors (Lipinski definition) is 1. The number of pyridine rings is 1. The van der Waals surface area contributed by atoms with E-state index in [1.807, 2.05) is 25.1 Å². The monoisotopic (exact) mass is 292 g/mol. The SMILES string of the molecule is CCCNC(c1cc(Cl)ccc1C)c1ccncc1F. The molecule has 0 saturated heterocycles. The van der Waals surface area contributed by atoms with E-state index in [9.17, 15) is 4.39 Å².